The summed E-state index contributed by atoms with van der Waals surface area (Å²) < 4.78 is 11.6. The lowest BCUT2D eigenvalue weighted by Crippen LogP contribution is -2.36. The summed E-state index contributed by atoms with van der Waals surface area (Å²) in [5.74, 6) is 0. The molecule has 0 aliphatic rings. The normalized spacial score (nSPS) is 12.6. The molecule has 1 heterocycles. The second kappa shape index (κ2) is 10.3. The molecule has 0 aliphatic heterocycles. The maximum atomic E-state index is 5.62. The van der Waals surface area contributed by atoms with Crippen LogP contribution in [0.5, 0.6) is 0 Å². The van der Waals surface area contributed by atoms with E-state index in [2.05, 4.69) is 39.2 Å². The Balaban J connectivity index is 2.43. The van der Waals surface area contributed by atoms with Gasteiger partial charge in [0, 0.05) is 30.0 Å². The van der Waals surface area contributed by atoms with Crippen molar-refractivity contribution in [1.82, 2.24) is 10.3 Å². The third-order valence-corrected chi connectivity index (χ3v) is 3.11. The van der Waals surface area contributed by atoms with Gasteiger partial charge in [0.05, 0.1) is 19.8 Å². The molecule has 1 aromatic heterocycles. The van der Waals surface area contributed by atoms with E-state index in [-0.39, 0.29) is 0 Å². The van der Waals surface area contributed by atoms with Crippen LogP contribution in [-0.4, -0.2) is 44.5 Å². The molecule has 0 spiro atoms. The smallest absolute Gasteiger partial charge is 0.0701 e. The Morgan fingerprint density at radius 1 is 1.37 bits per heavy atom. The van der Waals surface area contributed by atoms with Crippen molar-refractivity contribution in [2.45, 2.75) is 25.8 Å². The Hall–Kier alpha value is -0.490. The van der Waals surface area contributed by atoms with Gasteiger partial charge in [-0.05, 0) is 46.9 Å². The first-order valence-electron chi connectivity index (χ1n) is 6.65. The van der Waals surface area contributed by atoms with Crippen molar-refractivity contribution >= 4 is 15.9 Å². The number of halogens is 1. The highest BCUT2D eigenvalue weighted by molar-refractivity contribution is 9.10. The Morgan fingerprint density at radius 2 is 2.21 bits per heavy atom. The van der Waals surface area contributed by atoms with Crippen LogP contribution in [0.1, 0.15) is 18.9 Å². The first-order chi connectivity index (χ1) is 9.26. The van der Waals surface area contributed by atoms with Gasteiger partial charge < -0.3 is 14.8 Å². The molecule has 0 saturated carbocycles. The van der Waals surface area contributed by atoms with E-state index < -0.39 is 0 Å². The lowest BCUT2D eigenvalue weighted by molar-refractivity contribution is 0.0587. The molecule has 0 amide bonds. The molecule has 0 aliphatic carbocycles. The van der Waals surface area contributed by atoms with Crippen molar-refractivity contribution in [2.75, 3.05) is 33.5 Å². The number of hydrogen-bond acceptors (Lipinski definition) is 4. The zero-order valence-electron chi connectivity index (χ0n) is 11.7. The van der Waals surface area contributed by atoms with E-state index in [4.69, 9.17) is 9.47 Å². The average Bonchev–Trinajstić information content (AvgIpc) is 2.40. The van der Waals surface area contributed by atoms with Gasteiger partial charge in [0.25, 0.3) is 0 Å². The summed E-state index contributed by atoms with van der Waals surface area (Å²) in [7, 11) is 1.68. The third-order valence-electron chi connectivity index (χ3n) is 2.68. The number of nitrogens with zero attached hydrogens (tertiary/aromatic N) is 1. The van der Waals surface area contributed by atoms with Crippen LogP contribution in [0.3, 0.4) is 0 Å². The van der Waals surface area contributed by atoms with E-state index in [9.17, 15) is 0 Å². The monoisotopic (exact) mass is 330 g/mol. The van der Waals surface area contributed by atoms with Crippen LogP contribution in [0, 0.1) is 0 Å². The fourth-order valence-electron chi connectivity index (χ4n) is 1.76. The molecule has 0 fully saturated rings. The summed E-state index contributed by atoms with van der Waals surface area (Å²) in [6.45, 7) is 5.13. The number of hydrogen-bond donors (Lipinski definition) is 1. The van der Waals surface area contributed by atoms with Gasteiger partial charge >= 0.3 is 0 Å². The number of aromatic nitrogens is 1. The third kappa shape index (κ3) is 7.62. The highest BCUT2D eigenvalue weighted by Gasteiger charge is 2.09. The van der Waals surface area contributed by atoms with Gasteiger partial charge in [-0.1, -0.05) is 6.92 Å². The molecule has 1 N–H and O–H groups in total. The van der Waals surface area contributed by atoms with Gasteiger partial charge in [-0.3, -0.25) is 4.98 Å². The SMILES string of the molecule is CCCNC(COCCOC)Cc1cncc(Br)c1. The zero-order chi connectivity index (χ0) is 13.9. The van der Waals surface area contributed by atoms with E-state index in [1.165, 1.54) is 5.56 Å². The first kappa shape index (κ1) is 16.6. The standard InChI is InChI=1S/C14H23BrN2O2/c1-3-4-17-14(11-19-6-5-18-2)8-12-7-13(15)10-16-9-12/h7,9-10,14,17H,3-6,8,11H2,1-2H3. The van der Waals surface area contributed by atoms with Crippen molar-refractivity contribution in [3.63, 3.8) is 0 Å². The Kier molecular flexibility index (Phi) is 8.99. The molecular formula is C14H23BrN2O2. The van der Waals surface area contributed by atoms with Crippen molar-refractivity contribution in [3.05, 3.63) is 28.5 Å². The van der Waals surface area contributed by atoms with E-state index >= 15 is 0 Å². The minimum atomic E-state index is 0.313. The fourth-order valence-corrected chi connectivity index (χ4v) is 2.17. The highest BCUT2D eigenvalue weighted by atomic mass is 79.9. The summed E-state index contributed by atoms with van der Waals surface area (Å²) in [5, 5.41) is 3.51. The summed E-state index contributed by atoms with van der Waals surface area (Å²) in [6, 6.07) is 2.41. The Bertz CT molecular complexity index is 350. The maximum Gasteiger partial charge on any atom is 0.0701 e. The summed E-state index contributed by atoms with van der Waals surface area (Å²) in [4.78, 5) is 4.19. The fraction of sp³-hybridized carbons (Fsp3) is 0.643. The van der Waals surface area contributed by atoms with Crippen molar-refractivity contribution in [3.8, 4) is 0 Å². The molecule has 1 rings (SSSR count). The van der Waals surface area contributed by atoms with E-state index in [1.807, 2.05) is 6.20 Å². The quantitative estimate of drug-likeness (QED) is 0.669. The maximum absolute atomic E-state index is 5.62. The van der Waals surface area contributed by atoms with Crippen LogP contribution in [0.2, 0.25) is 0 Å². The summed E-state index contributed by atoms with van der Waals surface area (Å²) in [5.41, 5.74) is 1.21. The van der Waals surface area contributed by atoms with Crippen molar-refractivity contribution in [2.24, 2.45) is 0 Å². The van der Waals surface area contributed by atoms with Crippen molar-refractivity contribution in [1.29, 1.82) is 0 Å². The van der Waals surface area contributed by atoms with Gasteiger partial charge in [-0.25, -0.2) is 0 Å². The molecule has 0 radical (unpaired) electrons. The Labute approximate surface area is 124 Å². The number of methoxy groups -OCH3 is 1. The minimum Gasteiger partial charge on any atom is -0.382 e. The van der Waals surface area contributed by atoms with Gasteiger partial charge in [-0.15, -0.1) is 0 Å². The molecule has 19 heavy (non-hydrogen) atoms. The predicted octanol–water partition coefficient (Wildman–Crippen LogP) is 2.42. The predicted molar refractivity (Wildman–Crippen MR) is 80.4 cm³/mol. The molecule has 108 valence electrons. The van der Waals surface area contributed by atoms with E-state index in [0.29, 0.717) is 25.9 Å². The lowest BCUT2D eigenvalue weighted by Gasteiger charge is -2.18. The number of pyridine rings is 1. The molecule has 1 unspecified atom stereocenters. The van der Waals surface area contributed by atoms with Gasteiger partial charge in [0.1, 0.15) is 0 Å². The van der Waals surface area contributed by atoms with Crippen LogP contribution in [-0.2, 0) is 15.9 Å². The molecule has 1 atom stereocenters. The summed E-state index contributed by atoms with van der Waals surface area (Å²) in [6.07, 6.45) is 5.73. The minimum absolute atomic E-state index is 0.313. The first-order valence-corrected chi connectivity index (χ1v) is 7.45. The van der Waals surface area contributed by atoms with Crippen molar-refractivity contribution < 1.29 is 9.47 Å². The molecular weight excluding hydrogens is 308 g/mol. The number of rotatable bonds is 10. The molecule has 4 nitrogen and oxygen atoms in total. The van der Waals surface area contributed by atoms with Gasteiger partial charge in [0.2, 0.25) is 0 Å². The van der Waals surface area contributed by atoms with Crippen LogP contribution < -0.4 is 5.32 Å². The molecule has 1 aromatic rings. The van der Waals surface area contributed by atoms with Gasteiger partial charge in [0.15, 0.2) is 0 Å². The van der Waals surface area contributed by atoms with Crippen LogP contribution >= 0.6 is 15.9 Å². The van der Waals surface area contributed by atoms with E-state index in [0.717, 1.165) is 23.9 Å². The number of nitrogens with one attached hydrogen (secondary N) is 1. The second-order valence-electron chi connectivity index (χ2n) is 4.43. The van der Waals surface area contributed by atoms with E-state index in [1.54, 1.807) is 13.3 Å². The van der Waals surface area contributed by atoms with Crippen LogP contribution in [0.25, 0.3) is 0 Å². The largest absolute Gasteiger partial charge is 0.382 e. The summed E-state index contributed by atoms with van der Waals surface area (Å²) >= 11 is 3.45. The molecule has 0 bridgehead atoms. The average molecular weight is 331 g/mol. The van der Waals surface area contributed by atoms with Crippen LogP contribution in [0.15, 0.2) is 22.9 Å². The highest BCUT2D eigenvalue weighted by Crippen LogP contribution is 2.11. The van der Waals surface area contributed by atoms with Crippen LogP contribution in [0.4, 0.5) is 0 Å². The number of ether oxygens (including phenoxy) is 2. The molecule has 0 saturated heterocycles. The topological polar surface area (TPSA) is 43.4 Å². The Morgan fingerprint density at radius 3 is 2.89 bits per heavy atom. The molecule has 5 heteroatoms. The van der Waals surface area contributed by atoms with Gasteiger partial charge in [-0.2, -0.15) is 0 Å². The molecule has 0 aromatic carbocycles. The lowest BCUT2D eigenvalue weighted by atomic mass is 10.1. The second-order valence-corrected chi connectivity index (χ2v) is 5.35. The zero-order valence-corrected chi connectivity index (χ0v) is 13.3.